The lowest BCUT2D eigenvalue weighted by Gasteiger charge is -2.14. The zero-order valence-corrected chi connectivity index (χ0v) is 12.9. The molecule has 0 aliphatic heterocycles. The van der Waals surface area contributed by atoms with E-state index in [1.54, 1.807) is 24.3 Å². The zero-order valence-electron chi connectivity index (χ0n) is 12.1. The summed E-state index contributed by atoms with van der Waals surface area (Å²) in [5.41, 5.74) is 1.28. The molecule has 0 bridgehead atoms. The van der Waals surface area contributed by atoms with E-state index in [1.165, 1.54) is 6.26 Å². The molecule has 6 heteroatoms. The van der Waals surface area contributed by atoms with Crippen molar-refractivity contribution in [1.82, 2.24) is 5.32 Å². The Hall–Kier alpha value is -1.40. The van der Waals surface area contributed by atoms with Crippen molar-refractivity contribution in [2.24, 2.45) is 5.41 Å². The predicted molar refractivity (Wildman–Crippen MR) is 80.7 cm³/mol. The Balaban J connectivity index is 1.91. The molecular weight excluding hydrogens is 290 g/mol. The number of sulfone groups is 1. The second kappa shape index (κ2) is 6.15. The molecule has 2 rings (SSSR count). The van der Waals surface area contributed by atoms with Gasteiger partial charge in [0.15, 0.2) is 9.84 Å². The molecule has 1 aromatic carbocycles. The number of carbonyl (C=O) groups is 1. The van der Waals surface area contributed by atoms with Crippen LogP contribution in [-0.2, 0) is 15.6 Å². The standard InChI is InChI=1S/C15H21NO4S/c1-21(19,20)10-12-2-4-13(5-3-12)14(18)16-11-15(6-7-15)8-9-17/h2-5,17H,6-11H2,1H3,(H,16,18). The Morgan fingerprint density at radius 1 is 1.29 bits per heavy atom. The molecule has 1 fully saturated rings. The molecule has 0 aromatic heterocycles. The van der Waals surface area contributed by atoms with E-state index in [0.717, 1.165) is 19.3 Å². The SMILES string of the molecule is CS(=O)(=O)Cc1ccc(C(=O)NCC2(CCO)CC2)cc1. The van der Waals surface area contributed by atoms with Gasteiger partial charge >= 0.3 is 0 Å². The highest BCUT2D eigenvalue weighted by atomic mass is 32.2. The summed E-state index contributed by atoms with van der Waals surface area (Å²) in [5, 5.41) is 11.9. The minimum absolute atomic E-state index is 0.0193. The van der Waals surface area contributed by atoms with E-state index in [0.29, 0.717) is 17.7 Å². The predicted octanol–water partition coefficient (Wildman–Crippen LogP) is 1.12. The van der Waals surface area contributed by atoms with Crippen LogP contribution in [0, 0.1) is 5.41 Å². The highest BCUT2D eigenvalue weighted by Crippen LogP contribution is 2.47. The van der Waals surface area contributed by atoms with Gasteiger partial charge < -0.3 is 10.4 Å². The molecule has 116 valence electrons. The largest absolute Gasteiger partial charge is 0.396 e. The van der Waals surface area contributed by atoms with Crippen LogP contribution in [0.2, 0.25) is 0 Å². The average molecular weight is 311 g/mol. The molecule has 0 spiro atoms. The van der Waals surface area contributed by atoms with Crippen molar-refractivity contribution in [1.29, 1.82) is 0 Å². The van der Waals surface area contributed by atoms with Crippen molar-refractivity contribution in [2.75, 3.05) is 19.4 Å². The first-order chi connectivity index (χ1) is 9.84. The molecule has 0 unspecified atom stereocenters. The van der Waals surface area contributed by atoms with Gasteiger partial charge in [0.2, 0.25) is 0 Å². The van der Waals surface area contributed by atoms with E-state index in [2.05, 4.69) is 5.32 Å². The van der Waals surface area contributed by atoms with Crippen LogP contribution in [0.25, 0.3) is 0 Å². The zero-order chi connectivity index (χ0) is 15.5. The minimum Gasteiger partial charge on any atom is -0.396 e. The third-order valence-electron chi connectivity index (χ3n) is 3.87. The smallest absolute Gasteiger partial charge is 0.251 e. The summed E-state index contributed by atoms with van der Waals surface area (Å²) in [7, 11) is -3.06. The van der Waals surface area contributed by atoms with Gasteiger partial charge in [0, 0.05) is 25.0 Å². The second-order valence-corrected chi connectivity index (χ2v) is 8.06. The molecule has 1 aromatic rings. The fourth-order valence-electron chi connectivity index (χ4n) is 2.35. The van der Waals surface area contributed by atoms with Gasteiger partial charge in [-0.1, -0.05) is 12.1 Å². The highest BCUT2D eigenvalue weighted by molar-refractivity contribution is 7.89. The Bertz CT molecular complexity index is 603. The van der Waals surface area contributed by atoms with Gasteiger partial charge in [-0.25, -0.2) is 8.42 Å². The molecule has 2 N–H and O–H groups in total. The van der Waals surface area contributed by atoms with Crippen LogP contribution in [-0.4, -0.2) is 38.8 Å². The Morgan fingerprint density at radius 2 is 1.90 bits per heavy atom. The summed E-state index contributed by atoms with van der Waals surface area (Å²) >= 11 is 0. The van der Waals surface area contributed by atoms with Crippen molar-refractivity contribution in [2.45, 2.75) is 25.0 Å². The second-order valence-electron chi connectivity index (χ2n) is 5.92. The summed E-state index contributed by atoms with van der Waals surface area (Å²) in [5.74, 6) is -0.181. The number of carbonyl (C=O) groups excluding carboxylic acids is 1. The van der Waals surface area contributed by atoms with Crippen molar-refractivity contribution in [3.05, 3.63) is 35.4 Å². The van der Waals surface area contributed by atoms with Crippen LogP contribution in [0.4, 0.5) is 0 Å². The lowest BCUT2D eigenvalue weighted by molar-refractivity contribution is 0.0941. The normalized spacial score (nSPS) is 16.5. The number of nitrogens with one attached hydrogen (secondary N) is 1. The monoisotopic (exact) mass is 311 g/mol. The number of rotatable bonds is 7. The summed E-state index contributed by atoms with van der Waals surface area (Å²) in [4.78, 5) is 12.0. The van der Waals surface area contributed by atoms with Crippen LogP contribution in [0.5, 0.6) is 0 Å². The Morgan fingerprint density at radius 3 is 2.38 bits per heavy atom. The van der Waals surface area contributed by atoms with Crippen LogP contribution >= 0.6 is 0 Å². The molecular formula is C15H21NO4S. The maximum Gasteiger partial charge on any atom is 0.251 e. The number of aliphatic hydroxyl groups excluding tert-OH is 1. The lowest BCUT2D eigenvalue weighted by atomic mass is 10.0. The first-order valence-corrected chi connectivity index (χ1v) is 9.05. The van der Waals surface area contributed by atoms with E-state index in [1.807, 2.05) is 0 Å². The fraction of sp³-hybridized carbons (Fsp3) is 0.533. The first-order valence-electron chi connectivity index (χ1n) is 6.99. The van der Waals surface area contributed by atoms with Crippen molar-refractivity contribution in [3.63, 3.8) is 0 Å². The lowest BCUT2D eigenvalue weighted by Crippen LogP contribution is -2.30. The molecule has 5 nitrogen and oxygen atoms in total. The molecule has 0 radical (unpaired) electrons. The number of benzene rings is 1. The summed E-state index contributed by atoms with van der Waals surface area (Å²) in [6, 6.07) is 6.61. The topological polar surface area (TPSA) is 83.5 Å². The van der Waals surface area contributed by atoms with Crippen molar-refractivity contribution in [3.8, 4) is 0 Å². The van der Waals surface area contributed by atoms with Gasteiger partial charge in [-0.15, -0.1) is 0 Å². The van der Waals surface area contributed by atoms with E-state index in [-0.39, 0.29) is 23.7 Å². The Labute approximate surface area is 125 Å². The van der Waals surface area contributed by atoms with Crippen LogP contribution < -0.4 is 5.32 Å². The molecule has 1 aliphatic carbocycles. The number of amides is 1. The minimum atomic E-state index is -3.06. The van der Waals surface area contributed by atoms with Gasteiger partial charge in [0.25, 0.3) is 5.91 Å². The maximum atomic E-state index is 12.0. The average Bonchev–Trinajstić information content (AvgIpc) is 3.16. The van der Waals surface area contributed by atoms with E-state index in [4.69, 9.17) is 5.11 Å². The quantitative estimate of drug-likeness (QED) is 0.790. The number of hydrogen-bond donors (Lipinski definition) is 2. The van der Waals surface area contributed by atoms with Gasteiger partial charge in [-0.05, 0) is 42.4 Å². The number of hydrogen-bond acceptors (Lipinski definition) is 4. The number of aliphatic hydroxyl groups is 1. The van der Waals surface area contributed by atoms with Gasteiger partial charge in [-0.3, -0.25) is 4.79 Å². The molecule has 1 saturated carbocycles. The van der Waals surface area contributed by atoms with E-state index < -0.39 is 9.84 Å². The van der Waals surface area contributed by atoms with Crippen LogP contribution in [0.15, 0.2) is 24.3 Å². The van der Waals surface area contributed by atoms with Crippen LogP contribution in [0.3, 0.4) is 0 Å². The first kappa shape index (κ1) is 16.0. The van der Waals surface area contributed by atoms with Gasteiger partial charge in [0.05, 0.1) is 5.75 Å². The summed E-state index contributed by atoms with van der Waals surface area (Å²) in [6.07, 6.45) is 3.99. The molecule has 1 amide bonds. The summed E-state index contributed by atoms with van der Waals surface area (Å²) in [6.45, 7) is 0.730. The molecule has 0 saturated heterocycles. The maximum absolute atomic E-state index is 12.0. The third-order valence-corrected chi connectivity index (χ3v) is 4.73. The molecule has 0 heterocycles. The van der Waals surface area contributed by atoms with Gasteiger partial charge in [0.1, 0.15) is 0 Å². The van der Waals surface area contributed by atoms with Gasteiger partial charge in [-0.2, -0.15) is 0 Å². The summed E-state index contributed by atoms with van der Waals surface area (Å²) < 4.78 is 22.4. The van der Waals surface area contributed by atoms with E-state index in [9.17, 15) is 13.2 Å². The molecule has 0 atom stereocenters. The van der Waals surface area contributed by atoms with Crippen molar-refractivity contribution < 1.29 is 18.3 Å². The molecule has 1 aliphatic rings. The third kappa shape index (κ3) is 4.82. The Kier molecular flexibility index (Phi) is 4.68. The molecule has 21 heavy (non-hydrogen) atoms. The van der Waals surface area contributed by atoms with Crippen molar-refractivity contribution >= 4 is 15.7 Å². The van der Waals surface area contributed by atoms with Crippen LogP contribution in [0.1, 0.15) is 35.2 Å². The van der Waals surface area contributed by atoms with E-state index >= 15 is 0 Å². The highest BCUT2D eigenvalue weighted by Gasteiger charge is 2.41. The fourth-order valence-corrected chi connectivity index (χ4v) is 3.15.